The Hall–Kier alpha value is -3.88. The van der Waals surface area contributed by atoms with Crippen molar-refractivity contribution in [2.24, 2.45) is 5.92 Å². The van der Waals surface area contributed by atoms with Gasteiger partial charge in [-0.25, -0.2) is 0 Å². The Kier molecular flexibility index (Phi) is 8.86. The fourth-order valence-corrected chi connectivity index (χ4v) is 5.30. The molecular weight excluding hydrogens is 464 g/mol. The van der Waals surface area contributed by atoms with Crippen LogP contribution in [0.15, 0.2) is 115 Å². The molecule has 0 saturated carbocycles. The SMILES string of the molecule is COc1ccc2ccccc2c1/C=C\Cc1cccc2ccccc12.c1ccc(CC2CCOCC2)cc1. The lowest BCUT2D eigenvalue weighted by Crippen LogP contribution is -2.17. The van der Waals surface area contributed by atoms with E-state index in [-0.39, 0.29) is 0 Å². The van der Waals surface area contributed by atoms with Gasteiger partial charge in [-0.2, -0.15) is 0 Å². The summed E-state index contributed by atoms with van der Waals surface area (Å²) < 4.78 is 10.9. The van der Waals surface area contributed by atoms with Gasteiger partial charge in [0.2, 0.25) is 0 Å². The number of benzene rings is 5. The summed E-state index contributed by atoms with van der Waals surface area (Å²) >= 11 is 0. The molecule has 1 heterocycles. The van der Waals surface area contributed by atoms with Crippen molar-refractivity contribution in [2.45, 2.75) is 25.7 Å². The van der Waals surface area contributed by atoms with E-state index in [9.17, 15) is 0 Å². The lowest BCUT2D eigenvalue weighted by molar-refractivity contribution is 0.0665. The van der Waals surface area contributed by atoms with Crippen molar-refractivity contribution < 1.29 is 9.47 Å². The molecule has 0 atom stereocenters. The molecule has 2 heteroatoms. The van der Waals surface area contributed by atoms with Gasteiger partial charge in [-0.15, -0.1) is 0 Å². The number of hydrogen-bond donors (Lipinski definition) is 0. The van der Waals surface area contributed by atoms with Crippen LogP contribution in [-0.2, 0) is 17.6 Å². The molecule has 38 heavy (non-hydrogen) atoms. The summed E-state index contributed by atoms with van der Waals surface area (Å²) in [5.74, 6) is 1.75. The van der Waals surface area contributed by atoms with Crippen molar-refractivity contribution >= 4 is 27.6 Å². The van der Waals surface area contributed by atoms with Crippen LogP contribution in [0.25, 0.3) is 27.6 Å². The highest BCUT2D eigenvalue weighted by molar-refractivity contribution is 5.93. The Morgan fingerprint density at radius 1 is 0.711 bits per heavy atom. The van der Waals surface area contributed by atoms with E-state index in [0.29, 0.717) is 0 Å². The molecule has 5 aromatic rings. The Morgan fingerprint density at radius 2 is 1.37 bits per heavy atom. The number of methoxy groups -OCH3 is 1. The molecule has 2 nitrogen and oxygen atoms in total. The smallest absolute Gasteiger partial charge is 0.126 e. The molecule has 1 fully saturated rings. The summed E-state index contributed by atoms with van der Waals surface area (Å²) in [6, 6.07) is 38.4. The van der Waals surface area contributed by atoms with Crippen LogP contribution in [0.2, 0.25) is 0 Å². The molecule has 1 aliphatic heterocycles. The standard InChI is InChI=1S/C24H20O.C12H16O/c1-25-24-17-16-20-9-3-5-14-22(20)23(24)15-7-12-19-11-6-10-18-8-2-4-13-21(18)19;1-2-4-11(5-3-1)10-12-6-8-13-9-7-12/h2-11,13-17H,12H2,1H3;1-5,12H,6-10H2/b15-7-;. The molecule has 0 aliphatic carbocycles. The molecule has 0 bridgehead atoms. The van der Waals surface area contributed by atoms with Crippen LogP contribution in [0, 0.1) is 5.92 Å². The molecule has 0 radical (unpaired) electrons. The first-order valence-electron chi connectivity index (χ1n) is 13.6. The highest BCUT2D eigenvalue weighted by atomic mass is 16.5. The number of fused-ring (bicyclic) bond motifs is 2. The maximum atomic E-state index is 5.58. The molecule has 1 saturated heterocycles. The third kappa shape index (κ3) is 6.51. The Labute approximate surface area is 226 Å². The Balaban J connectivity index is 0.000000190. The van der Waals surface area contributed by atoms with Crippen molar-refractivity contribution in [3.8, 4) is 5.75 Å². The van der Waals surface area contributed by atoms with Crippen LogP contribution in [0.5, 0.6) is 5.75 Å². The van der Waals surface area contributed by atoms with E-state index in [0.717, 1.165) is 36.9 Å². The summed E-state index contributed by atoms with van der Waals surface area (Å²) in [6.45, 7) is 1.91. The normalized spacial score (nSPS) is 13.9. The maximum Gasteiger partial charge on any atom is 0.126 e. The number of hydrogen-bond acceptors (Lipinski definition) is 2. The van der Waals surface area contributed by atoms with Crippen LogP contribution >= 0.6 is 0 Å². The van der Waals surface area contributed by atoms with Gasteiger partial charge >= 0.3 is 0 Å². The lowest BCUT2D eigenvalue weighted by Gasteiger charge is -2.21. The third-order valence-corrected chi connectivity index (χ3v) is 7.36. The van der Waals surface area contributed by atoms with Crippen molar-refractivity contribution in [3.05, 3.63) is 132 Å². The van der Waals surface area contributed by atoms with E-state index in [1.807, 2.05) is 6.07 Å². The topological polar surface area (TPSA) is 18.5 Å². The minimum atomic E-state index is 0.844. The van der Waals surface area contributed by atoms with Gasteiger partial charge in [0, 0.05) is 18.8 Å². The van der Waals surface area contributed by atoms with Gasteiger partial charge in [-0.05, 0) is 70.3 Å². The Bertz CT molecular complexity index is 1470. The minimum absolute atomic E-state index is 0.844. The minimum Gasteiger partial charge on any atom is -0.496 e. The zero-order valence-electron chi connectivity index (χ0n) is 22.2. The van der Waals surface area contributed by atoms with Gasteiger partial charge in [0.25, 0.3) is 0 Å². The summed E-state index contributed by atoms with van der Waals surface area (Å²) in [5, 5.41) is 5.06. The van der Waals surface area contributed by atoms with Gasteiger partial charge in [0.1, 0.15) is 5.75 Å². The average Bonchev–Trinajstić information content (AvgIpc) is 2.99. The molecule has 0 unspecified atom stereocenters. The molecule has 0 spiro atoms. The second-order valence-corrected chi connectivity index (χ2v) is 9.89. The fourth-order valence-electron chi connectivity index (χ4n) is 5.30. The van der Waals surface area contributed by atoms with Crippen LogP contribution in [-0.4, -0.2) is 20.3 Å². The van der Waals surface area contributed by atoms with Gasteiger partial charge in [-0.3, -0.25) is 0 Å². The van der Waals surface area contributed by atoms with Crippen molar-refractivity contribution in [2.75, 3.05) is 20.3 Å². The van der Waals surface area contributed by atoms with E-state index in [4.69, 9.17) is 9.47 Å². The average molecular weight is 501 g/mol. The number of allylic oxidation sites excluding steroid dienone is 1. The van der Waals surface area contributed by atoms with E-state index in [2.05, 4.69) is 115 Å². The second kappa shape index (κ2) is 13.1. The first-order chi connectivity index (χ1) is 18.8. The number of rotatable bonds is 6. The summed E-state index contributed by atoms with van der Waals surface area (Å²) in [4.78, 5) is 0. The Morgan fingerprint density at radius 3 is 2.13 bits per heavy atom. The van der Waals surface area contributed by atoms with Gasteiger partial charge in [-0.1, -0.05) is 115 Å². The van der Waals surface area contributed by atoms with Gasteiger partial charge in [0.05, 0.1) is 7.11 Å². The second-order valence-electron chi connectivity index (χ2n) is 9.89. The van der Waals surface area contributed by atoms with E-state index in [1.165, 1.54) is 51.9 Å². The van der Waals surface area contributed by atoms with Crippen molar-refractivity contribution in [3.63, 3.8) is 0 Å². The largest absolute Gasteiger partial charge is 0.496 e. The quantitative estimate of drug-likeness (QED) is 0.232. The van der Waals surface area contributed by atoms with Crippen LogP contribution in [0.1, 0.15) is 29.5 Å². The van der Waals surface area contributed by atoms with Gasteiger partial charge in [0.15, 0.2) is 0 Å². The summed E-state index contributed by atoms with van der Waals surface area (Å²) in [7, 11) is 1.73. The van der Waals surface area contributed by atoms with Gasteiger partial charge < -0.3 is 9.47 Å². The molecule has 192 valence electrons. The van der Waals surface area contributed by atoms with Crippen molar-refractivity contribution in [1.29, 1.82) is 0 Å². The van der Waals surface area contributed by atoms with Crippen LogP contribution in [0.4, 0.5) is 0 Å². The first-order valence-corrected chi connectivity index (χ1v) is 13.6. The molecule has 0 N–H and O–H groups in total. The number of ether oxygens (including phenoxy) is 2. The molecule has 5 aromatic carbocycles. The van der Waals surface area contributed by atoms with E-state index < -0.39 is 0 Å². The molecule has 0 aromatic heterocycles. The van der Waals surface area contributed by atoms with E-state index >= 15 is 0 Å². The monoisotopic (exact) mass is 500 g/mol. The molecule has 1 aliphatic rings. The predicted octanol–water partition coefficient (Wildman–Crippen LogP) is 8.91. The third-order valence-electron chi connectivity index (χ3n) is 7.36. The first kappa shape index (κ1) is 25.8. The predicted molar refractivity (Wildman–Crippen MR) is 161 cm³/mol. The van der Waals surface area contributed by atoms with Crippen LogP contribution < -0.4 is 4.74 Å². The molecule has 0 amide bonds. The summed E-state index contributed by atoms with van der Waals surface area (Å²) in [6.07, 6.45) is 9.00. The zero-order valence-corrected chi connectivity index (χ0v) is 22.2. The molecule has 6 rings (SSSR count). The highest BCUT2D eigenvalue weighted by Crippen LogP contribution is 2.29. The maximum absolute atomic E-state index is 5.58. The highest BCUT2D eigenvalue weighted by Gasteiger charge is 2.13. The zero-order chi connectivity index (χ0) is 26.0. The van der Waals surface area contributed by atoms with Crippen LogP contribution in [0.3, 0.4) is 0 Å². The lowest BCUT2D eigenvalue weighted by atomic mass is 9.92. The van der Waals surface area contributed by atoms with Crippen molar-refractivity contribution in [1.82, 2.24) is 0 Å². The molecular formula is C36H36O2. The van der Waals surface area contributed by atoms with E-state index in [1.54, 1.807) is 7.11 Å². The summed E-state index contributed by atoms with van der Waals surface area (Å²) in [5.41, 5.74) is 3.95. The fraction of sp³-hybridized carbons (Fsp3) is 0.222.